The molecule has 0 atom stereocenters. The van der Waals surface area contributed by atoms with Crippen molar-refractivity contribution >= 4 is 11.7 Å². The van der Waals surface area contributed by atoms with Crippen LogP contribution in [0.1, 0.15) is 43.1 Å². The van der Waals surface area contributed by atoms with E-state index in [1.54, 1.807) is 12.3 Å². The maximum absolute atomic E-state index is 11.4. The molecule has 1 aliphatic carbocycles. The number of esters is 1. The van der Waals surface area contributed by atoms with E-state index in [0.29, 0.717) is 5.69 Å². The average Bonchev–Trinajstić information content (AvgIpc) is 2.46. The van der Waals surface area contributed by atoms with E-state index in [0.717, 1.165) is 24.1 Å². The van der Waals surface area contributed by atoms with Crippen LogP contribution in [-0.2, 0) is 4.74 Å². The van der Waals surface area contributed by atoms with E-state index in [1.807, 2.05) is 6.07 Å². The predicted octanol–water partition coefficient (Wildman–Crippen LogP) is 3.11. The Labute approximate surface area is 114 Å². The lowest BCUT2D eigenvalue weighted by molar-refractivity contribution is 0.0594. The standard InChI is InChI=1S/C15H22N2O2/c1-11-3-5-12(6-4-11)10-17-13-7-8-16-14(9-13)15(18)19-2/h7-9,11-12H,3-6,10H2,1-2H3,(H,16,17). The van der Waals surface area contributed by atoms with Crippen LogP contribution < -0.4 is 5.32 Å². The number of anilines is 1. The van der Waals surface area contributed by atoms with Crippen molar-refractivity contribution in [3.05, 3.63) is 24.0 Å². The fraction of sp³-hybridized carbons (Fsp3) is 0.600. The normalized spacial score (nSPS) is 22.8. The third-order valence-corrected chi connectivity index (χ3v) is 3.88. The van der Waals surface area contributed by atoms with Crippen molar-refractivity contribution < 1.29 is 9.53 Å². The molecule has 104 valence electrons. The first-order valence-corrected chi connectivity index (χ1v) is 6.97. The number of nitrogens with zero attached hydrogens (tertiary/aromatic N) is 1. The van der Waals surface area contributed by atoms with E-state index in [4.69, 9.17) is 0 Å². The first kappa shape index (κ1) is 13.8. The van der Waals surface area contributed by atoms with Gasteiger partial charge in [-0.1, -0.05) is 19.8 Å². The van der Waals surface area contributed by atoms with Gasteiger partial charge in [0.25, 0.3) is 0 Å². The van der Waals surface area contributed by atoms with Crippen LogP contribution in [0.15, 0.2) is 18.3 Å². The Bertz CT molecular complexity index is 426. The zero-order chi connectivity index (χ0) is 13.7. The Balaban J connectivity index is 1.87. The highest BCUT2D eigenvalue weighted by atomic mass is 16.5. The summed E-state index contributed by atoms with van der Waals surface area (Å²) in [6.45, 7) is 3.30. The minimum absolute atomic E-state index is 0.352. The average molecular weight is 262 g/mol. The van der Waals surface area contributed by atoms with Gasteiger partial charge in [-0.15, -0.1) is 0 Å². The Kier molecular flexibility index (Phi) is 4.77. The van der Waals surface area contributed by atoms with E-state index in [2.05, 4.69) is 22.0 Å². The van der Waals surface area contributed by atoms with Crippen LogP contribution in [0.4, 0.5) is 5.69 Å². The number of rotatable bonds is 4. The molecule has 1 heterocycles. The van der Waals surface area contributed by atoms with Gasteiger partial charge in [0.1, 0.15) is 5.69 Å². The van der Waals surface area contributed by atoms with Crippen molar-refractivity contribution in [2.45, 2.75) is 32.6 Å². The molecule has 1 saturated carbocycles. The van der Waals surface area contributed by atoms with Gasteiger partial charge in [0.15, 0.2) is 0 Å². The zero-order valence-electron chi connectivity index (χ0n) is 11.7. The summed E-state index contributed by atoms with van der Waals surface area (Å²) in [4.78, 5) is 15.4. The third-order valence-electron chi connectivity index (χ3n) is 3.88. The Hall–Kier alpha value is -1.58. The second kappa shape index (κ2) is 6.55. The quantitative estimate of drug-likeness (QED) is 0.847. The second-order valence-electron chi connectivity index (χ2n) is 5.43. The van der Waals surface area contributed by atoms with Gasteiger partial charge in [-0.05, 0) is 36.8 Å². The molecule has 1 aromatic heterocycles. The molecule has 2 rings (SSSR count). The smallest absolute Gasteiger partial charge is 0.356 e. The number of pyridine rings is 1. The second-order valence-corrected chi connectivity index (χ2v) is 5.43. The summed E-state index contributed by atoms with van der Waals surface area (Å²) in [5, 5.41) is 3.40. The number of nitrogens with one attached hydrogen (secondary N) is 1. The number of aromatic nitrogens is 1. The van der Waals surface area contributed by atoms with Gasteiger partial charge < -0.3 is 10.1 Å². The number of hydrogen-bond donors (Lipinski definition) is 1. The lowest BCUT2D eigenvalue weighted by Gasteiger charge is -2.26. The molecule has 1 fully saturated rings. The molecule has 0 bridgehead atoms. The van der Waals surface area contributed by atoms with Crippen LogP contribution in [0.5, 0.6) is 0 Å². The molecule has 1 aromatic rings. The summed E-state index contributed by atoms with van der Waals surface area (Å²) in [6, 6.07) is 3.63. The van der Waals surface area contributed by atoms with Gasteiger partial charge >= 0.3 is 5.97 Å². The molecule has 0 spiro atoms. The molecule has 0 amide bonds. The molecule has 0 unspecified atom stereocenters. The van der Waals surface area contributed by atoms with Crippen molar-refractivity contribution in [3.8, 4) is 0 Å². The summed E-state index contributed by atoms with van der Waals surface area (Å²) < 4.78 is 4.67. The largest absolute Gasteiger partial charge is 0.464 e. The summed E-state index contributed by atoms with van der Waals surface area (Å²) in [5.74, 6) is 1.23. The molecular weight excluding hydrogens is 240 g/mol. The van der Waals surface area contributed by atoms with Crippen LogP contribution in [0.2, 0.25) is 0 Å². The minimum Gasteiger partial charge on any atom is -0.464 e. The van der Waals surface area contributed by atoms with Crippen molar-refractivity contribution in [2.24, 2.45) is 11.8 Å². The minimum atomic E-state index is -0.393. The van der Waals surface area contributed by atoms with Gasteiger partial charge in [0.2, 0.25) is 0 Å². The highest BCUT2D eigenvalue weighted by Gasteiger charge is 2.18. The van der Waals surface area contributed by atoms with Crippen molar-refractivity contribution in [1.82, 2.24) is 4.98 Å². The molecule has 1 aliphatic rings. The zero-order valence-corrected chi connectivity index (χ0v) is 11.7. The predicted molar refractivity (Wildman–Crippen MR) is 75.2 cm³/mol. The summed E-state index contributed by atoms with van der Waals surface area (Å²) in [6.07, 6.45) is 6.88. The molecule has 0 saturated heterocycles. The fourth-order valence-electron chi connectivity index (χ4n) is 2.55. The highest BCUT2D eigenvalue weighted by molar-refractivity contribution is 5.88. The third kappa shape index (κ3) is 3.94. The van der Waals surface area contributed by atoms with Crippen molar-refractivity contribution in [1.29, 1.82) is 0 Å². The Morgan fingerprint density at radius 1 is 1.42 bits per heavy atom. The van der Waals surface area contributed by atoms with Gasteiger partial charge in [0, 0.05) is 18.4 Å². The van der Waals surface area contributed by atoms with Gasteiger partial charge in [-0.25, -0.2) is 9.78 Å². The number of carbonyl (C=O) groups excluding carboxylic acids is 1. The topological polar surface area (TPSA) is 51.2 Å². The maximum atomic E-state index is 11.4. The molecule has 19 heavy (non-hydrogen) atoms. The van der Waals surface area contributed by atoms with Crippen LogP contribution >= 0.6 is 0 Å². The van der Waals surface area contributed by atoms with E-state index in [1.165, 1.54) is 32.8 Å². The van der Waals surface area contributed by atoms with Gasteiger partial charge in [0.05, 0.1) is 7.11 Å². The monoisotopic (exact) mass is 262 g/mol. The fourth-order valence-corrected chi connectivity index (χ4v) is 2.55. The van der Waals surface area contributed by atoms with E-state index in [-0.39, 0.29) is 0 Å². The lowest BCUT2D eigenvalue weighted by Crippen LogP contribution is -2.20. The van der Waals surface area contributed by atoms with Crippen LogP contribution in [0, 0.1) is 11.8 Å². The van der Waals surface area contributed by atoms with Crippen molar-refractivity contribution in [3.63, 3.8) is 0 Å². The maximum Gasteiger partial charge on any atom is 0.356 e. The van der Waals surface area contributed by atoms with Crippen molar-refractivity contribution in [2.75, 3.05) is 19.0 Å². The molecule has 0 aromatic carbocycles. The van der Waals surface area contributed by atoms with Crippen LogP contribution in [0.3, 0.4) is 0 Å². The molecule has 0 radical (unpaired) electrons. The summed E-state index contributed by atoms with van der Waals surface area (Å²) >= 11 is 0. The summed E-state index contributed by atoms with van der Waals surface area (Å²) in [5.41, 5.74) is 1.29. The Morgan fingerprint density at radius 3 is 2.84 bits per heavy atom. The number of carbonyl (C=O) groups is 1. The first-order valence-electron chi connectivity index (χ1n) is 6.97. The highest BCUT2D eigenvalue weighted by Crippen LogP contribution is 2.28. The molecule has 0 aliphatic heterocycles. The Morgan fingerprint density at radius 2 is 2.16 bits per heavy atom. The lowest BCUT2D eigenvalue weighted by atomic mass is 9.83. The van der Waals surface area contributed by atoms with Gasteiger partial charge in [-0.3, -0.25) is 0 Å². The SMILES string of the molecule is COC(=O)c1cc(NCC2CCC(C)CC2)ccn1. The number of methoxy groups -OCH3 is 1. The molecule has 4 nitrogen and oxygen atoms in total. The first-order chi connectivity index (χ1) is 9.19. The number of hydrogen-bond acceptors (Lipinski definition) is 4. The van der Waals surface area contributed by atoms with E-state index in [9.17, 15) is 4.79 Å². The van der Waals surface area contributed by atoms with Crippen LogP contribution in [-0.4, -0.2) is 24.6 Å². The van der Waals surface area contributed by atoms with E-state index < -0.39 is 5.97 Å². The summed E-state index contributed by atoms with van der Waals surface area (Å²) in [7, 11) is 1.37. The van der Waals surface area contributed by atoms with Crippen LogP contribution in [0.25, 0.3) is 0 Å². The van der Waals surface area contributed by atoms with Gasteiger partial charge in [-0.2, -0.15) is 0 Å². The number of ether oxygens (including phenoxy) is 1. The van der Waals surface area contributed by atoms with E-state index >= 15 is 0 Å². The molecule has 1 N–H and O–H groups in total. The molecular formula is C15H22N2O2. The molecule has 4 heteroatoms.